The number of hydrogen-bond acceptors (Lipinski definition) is 3. The van der Waals surface area contributed by atoms with Crippen LogP contribution in [0.15, 0.2) is 140 Å². The highest BCUT2D eigenvalue weighted by atomic mass is 16.5. The first-order valence-corrected chi connectivity index (χ1v) is 13.4. The fourth-order valence-electron chi connectivity index (χ4n) is 4.94. The second kappa shape index (κ2) is 11.3. The van der Waals surface area contributed by atoms with Crippen LogP contribution in [0.1, 0.15) is 5.56 Å². The van der Waals surface area contributed by atoms with Gasteiger partial charge >= 0.3 is 0 Å². The Balaban J connectivity index is 1.55. The second-order valence-corrected chi connectivity index (χ2v) is 9.81. The number of pyridine rings is 1. The minimum absolute atomic E-state index is 0.795. The Hall–Kier alpha value is -5.15. The zero-order chi connectivity index (χ0) is 27.3. The molecule has 0 radical (unpaired) electrons. The van der Waals surface area contributed by atoms with Gasteiger partial charge in [0.1, 0.15) is 5.75 Å². The molecule has 0 amide bonds. The topological polar surface area (TPSA) is 34.1 Å². The minimum atomic E-state index is 0.795. The molecule has 194 valence electrons. The molecule has 40 heavy (non-hydrogen) atoms. The van der Waals surface area contributed by atoms with E-state index in [1.54, 1.807) is 7.11 Å². The van der Waals surface area contributed by atoms with E-state index in [2.05, 4.69) is 109 Å². The van der Waals surface area contributed by atoms with Crippen molar-refractivity contribution in [1.82, 2.24) is 4.98 Å². The molecule has 0 saturated carbocycles. The van der Waals surface area contributed by atoms with Gasteiger partial charge in [0.15, 0.2) is 0 Å². The smallest absolute Gasteiger partial charge is 0.128 e. The molecule has 0 aliphatic carbocycles. The van der Waals surface area contributed by atoms with E-state index in [4.69, 9.17) is 9.72 Å². The lowest BCUT2D eigenvalue weighted by atomic mass is 9.95. The van der Waals surface area contributed by atoms with Gasteiger partial charge in [-0.15, -0.1) is 0 Å². The Morgan fingerprint density at radius 3 is 1.90 bits per heavy atom. The summed E-state index contributed by atoms with van der Waals surface area (Å²) in [6.07, 6.45) is 0. The van der Waals surface area contributed by atoms with Crippen LogP contribution in [0.3, 0.4) is 0 Å². The number of ether oxygens (including phenoxy) is 1. The van der Waals surface area contributed by atoms with Crippen LogP contribution in [0, 0.1) is 6.92 Å². The van der Waals surface area contributed by atoms with Crippen LogP contribution in [-0.4, -0.2) is 12.1 Å². The number of hydrogen-bond donors (Lipinski definition) is 1. The minimum Gasteiger partial charge on any atom is -0.496 e. The van der Waals surface area contributed by atoms with Gasteiger partial charge in [0.05, 0.1) is 18.5 Å². The van der Waals surface area contributed by atoms with Gasteiger partial charge in [0.25, 0.3) is 0 Å². The molecule has 0 spiro atoms. The summed E-state index contributed by atoms with van der Waals surface area (Å²) >= 11 is 0. The number of methoxy groups -OCH3 is 1. The van der Waals surface area contributed by atoms with Gasteiger partial charge in [-0.25, -0.2) is 4.98 Å². The molecule has 0 atom stereocenters. The van der Waals surface area contributed by atoms with Gasteiger partial charge < -0.3 is 10.1 Å². The normalized spacial score (nSPS) is 10.8. The zero-order valence-corrected chi connectivity index (χ0v) is 22.6. The lowest BCUT2D eigenvalue weighted by molar-refractivity contribution is 0.416. The SMILES string of the molecule is COc1ccccc1-c1cc(-c2ccc(-c3ccccc3)cc2Nc2ccc(C)cc2)cc(-c2ccccc2)n1. The number of rotatable bonds is 7. The predicted molar refractivity (Wildman–Crippen MR) is 167 cm³/mol. The Bertz CT molecular complexity index is 1740. The van der Waals surface area contributed by atoms with Crippen molar-refractivity contribution in [2.75, 3.05) is 12.4 Å². The van der Waals surface area contributed by atoms with Crippen molar-refractivity contribution in [2.45, 2.75) is 6.92 Å². The zero-order valence-electron chi connectivity index (χ0n) is 22.6. The average Bonchev–Trinajstić information content (AvgIpc) is 3.02. The molecule has 0 fully saturated rings. The standard InChI is InChI=1S/C37H30N2O/c1-26-17-20-31(21-18-26)38-35-23-29(27-11-5-3-6-12-27)19-22-32(35)30-24-34(28-13-7-4-8-14-28)39-36(25-30)33-15-9-10-16-37(33)40-2/h3-25,38H,1-2H3. The molecule has 0 unspecified atom stereocenters. The van der Waals surface area contributed by atoms with E-state index >= 15 is 0 Å². The molecule has 5 aromatic carbocycles. The first-order valence-electron chi connectivity index (χ1n) is 13.4. The fraction of sp³-hybridized carbons (Fsp3) is 0.0541. The number of para-hydroxylation sites is 1. The maximum absolute atomic E-state index is 5.72. The van der Waals surface area contributed by atoms with Crippen LogP contribution < -0.4 is 10.1 Å². The van der Waals surface area contributed by atoms with Crippen LogP contribution in [0.5, 0.6) is 5.75 Å². The van der Waals surface area contributed by atoms with Crippen molar-refractivity contribution in [3.63, 3.8) is 0 Å². The van der Waals surface area contributed by atoms with E-state index < -0.39 is 0 Å². The summed E-state index contributed by atoms with van der Waals surface area (Å²) in [5, 5.41) is 3.70. The molecule has 0 saturated heterocycles. The van der Waals surface area contributed by atoms with Gasteiger partial charge in [0, 0.05) is 28.1 Å². The van der Waals surface area contributed by atoms with E-state index in [0.717, 1.165) is 56.3 Å². The van der Waals surface area contributed by atoms with Crippen LogP contribution in [-0.2, 0) is 0 Å². The third-order valence-corrected chi connectivity index (χ3v) is 7.05. The van der Waals surface area contributed by atoms with Gasteiger partial charge in [-0.3, -0.25) is 0 Å². The highest BCUT2D eigenvalue weighted by molar-refractivity contribution is 5.88. The van der Waals surface area contributed by atoms with E-state index in [9.17, 15) is 0 Å². The number of benzene rings is 5. The molecule has 1 heterocycles. The van der Waals surface area contributed by atoms with E-state index in [1.807, 2.05) is 42.5 Å². The highest BCUT2D eigenvalue weighted by Gasteiger charge is 2.15. The largest absolute Gasteiger partial charge is 0.496 e. The summed E-state index contributed by atoms with van der Waals surface area (Å²) in [4.78, 5) is 5.10. The Morgan fingerprint density at radius 2 is 1.18 bits per heavy atom. The number of anilines is 2. The molecule has 0 aliphatic heterocycles. The summed E-state index contributed by atoms with van der Waals surface area (Å²) in [7, 11) is 1.70. The van der Waals surface area contributed by atoms with Crippen molar-refractivity contribution in [2.24, 2.45) is 0 Å². The molecule has 3 heteroatoms. The van der Waals surface area contributed by atoms with Gasteiger partial charge in [0.2, 0.25) is 0 Å². The lowest BCUT2D eigenvalue weighted by Gasteiger charge is -2.17. The molecule has 6 rings (SSSR count). The van der Waals surface area contributed by atoms with Gasteiger partial charge in [-0.1, -0.05) is 103 Å². The third kappa shape index (κ3) is 5.36. The maximum Gasteiger partial charge on any atom is 0.128 e. The van der Waals surface area contributed by atoms with Crippen molar-refractivity contribution >= 4 is 11.4 Å². The van der Waals surface area contributed by atoms with Crippen LogP contribution in [0.2, 0.25) is 0 Å². The van der Waals surface area contributed by atoms with E-state index in [-0.39, 0.29) is 0 Å². The summed E-state index contributed by atoms with van der Waals surface area (Å²) in [6.45, 7) is 2.10. The average molecular weight is 519 g/mol. The maximum atomic E-state index is 5.72. The number of aryl methyl sites for hydroxylation is 1. The monoisotopic (exact) mass is 518 g/mol. The first-order chi connectivity index (χ1) is 19.7. The van der Waals surface area contributed by atoms with Crippen LogP contribution in [0.4, 0.5) is 11.4 Å². The molecule has 1 aromatic heterocycles. The van der Waals surface area contributed by atoms with E-state index in [0.29, 0.717) is 0 Å². The Labute approximate surface area is 235 Å². The number of nitrogens with one attached hydrogen (secondary N) is 1. The first kappa shape index (κ1) is 25.1. The summed E-state index contributed by atoms with van der Waals surface area (Å²) in [5.41, 5.74) is 11.6. The number of aromatic nitrogens is 1. The molecule has 1 N–H and O–H groups in total. The lowest BCUT2D eigenvalue weighted by Crippen LogP contribution is -1.97. The van der Waals surface area contributed by atoms with Crippen LogP contribution >= 0.6 is 0 Å². The Kier molecular flexibility index (Phi) is 7.11. The Morgan fingerprint density at radius 1 is 0.525 bits per heavy atom. The van der Waals surface area contributed by atoms with Crippen molar-refractivity contribution in [3.8, 4) is 50.5 Å². The van der Waals surface area contributed by atoms with E-state index in [1.165, 1.54) is 11.1 Å². The van der Waals surface area contributed by atoms with Crippen LogP contribution in [0.25, 0.3) is 44.8 Å². The van der Waals surface area contributed by atoms with Gasteiger partial charge in [-0.2, -0.15) is 0 Å². The summed E-state index contributed by atoms with van der Waals surface area (Å²) in [6, 6.07) is 48.3. The third-order valence-electron chi connectivity index (χ3n) is 7.05. The van der Waals surface area contributed by atoms with Gasteiger partial charge in [-0.05, 0) is 66.1 Å². The predicted octanol–water partition coefficient (Wildman–Crippen LogP) is 9.81. The summed E-state index contributed by atoms with van der Waals surface area (Å²) in [5.74, 6) is 0.795. The van der Waals surface area contributed by atoms with Crippen molar-refractivity contribution < 1.29 is 4.74 Å². The fourth-order valence-corrected chi connectivity index (χ4v) is 4.94. The molecular weight excluding hydrogens is 488 g/mol. The molecule has 3 nitrogen and oxygen atoms in total. The quantitative estimate of drug-likeness (QED) is 0.228. The molecular formula is C37H30N2O. The number of nitrogens with zero attached hydrogens (tertiary/aromatic N) is 1. The second-order valence-electron chi connectivity index (χ2n) is 9.81. The molecule has 0 bridgehead atoms. The molecule has 0 aliphatic rings. The molecule has 6 aromatic rings. The highest BCUT2D eigenvalue weighted by Crippen LogP contribution is 2.39. The summed E-state index contributed by atoms with van der Waals surface area (Å²) < 4.78 is 5.72. The van der Waals surface area contributed by atoms with Crippen molar-refractivity contribution in [3.05, 3.63) is 145 Å². The van der Waals surface area contributed by atoms with Crippen molar-refractivity contribution in [1.29, 1.82) is 0 Å².